The number of rotatable bonds is 5. The molecule has 0 bridgehead atoms. The van der Waals surface area contributed by atoms with Crippen LogP contribution in [0.4, 0.5) is 0 Å². The van der Waals surface area contributed by atoms with E-state index >= 15 is 0 Å². The van der Waals surface area contributed by atoms with Crippen molar-refractivity contribution in [3.8, 4) is 28.5 Å². The predicted molar refractivity (Wildman–Crippen MR) is 123 cm³/mol. The Hall–Kier alpha value is -4.37. The van der Waals surface area contributed by atoms with Gasteiger partial charge in [-0.15, -0.1) is 0 Å². The number of nitrogens with one attached hydrogen (secondary N) is 1. The zero-order valence-electron chi connectivity index (χ0n) is 17.8. The molecule has 0 saturated heterocycles. The summed E-state index contributed by atoms with van der Waals surface area (Å²) in [6.45, 7) is 4.26. The van der Waals surface area contributed by atoms with Gasteiger partial charge in [0, 0.05) is 53.7 Å². The first-order valence-electron chi connectivity index (χ1n) is 10.2. The van der Waals surface area contributed by atoms with Crippen molar-refractivity contribution < 1.29 is 4.79 Å². The molecule has 1 amide bonds. The van der Waals surface area contributed by atoms with E-state index in [2.05, 4.69) is 26.3 Å². The molecule has 6 nitrogen and oxygen atoms in total. The summed E-state index contributed by atoms with van der Waals surface area (Å²) in [5.41, 5.74) is 6.80. The second-order valence-corrected chi connectivity index (χ2v) is 7.54. The average Bonchev–Trinajstić information content (AvgIpc) is 2.83. The highest BCUT2D eigenvalue weighted by Gasteiger charge is 2.14. The average molecular weight is 419 g/mol. The van der Waals surface area contributed by atoms with Crippen LogP contribution in [0, 0.1) is 25.2 Å². The molecular weight excluding hydrogens is 398 g/mol. The number of benzene rings is 1. The molecular formula is C26H21N5O. The number of aromatic nitrogens is 3. The molecule has 0 fully saturated rings. The molecule has 1 N–H and O–H groups in total. The third-order valence-corrected chi connectivity index (χ3v) is 5.08. The largest absolute Gasteiger partial charge is 0.348 e. The van der Waals surface area contributed by atoms with Gasteiger partial charge in [-0.3, -0.25) is 19.7 Å². The smallest absolute Gasteiger partial charge is 0.251 e. The van der Waals surface area contributed by atoms with Crippen LogP contribution >= 0.6 is 0 Å². The molecule has 3 aromatic heterocycles. The van der Waals surface area contributed by atoms with Crippen LogP contribution in [-0.2, 0) is 6.54 Å². The number of amides is 1. The highest BCUT2D eigenvalue weighted by molar-refractivity contribution is 5.97. The first kappa shape index (κ1) is 20.9. The molecule has 4 aromatic rings. The van der Waals surface area contributed by atoms with Crippen LogP contribution in [0.25, 0.3) is 22.4 Å². The van der Waals surface area contributed by atoms with E-state index < -0.39 is 0 Å². The molecule has 4 rings (SSSR count). The van der Waals surface area contributed by atoms with Crippen LogP contribution in [0.1, 0.15) is 32.7 Å². The Kier molecular flexibility index (Phi) is 6.00. The SMILES string of the molecule is Cc1ccc(-c2cc(C(=O)NCc3ccc(C)nc3)cc(-c3cnccc3C#N)c2)nc1. The van der Waals surface area contributed by atoms with Gasteiger partial charge in [0.2, 0.25) is 0 Å². The lowest BCUT2D eigenvalue weighted by Gasteiger charge is -2.12. The first-order valence-corrected chi connectivity index (χ1v) is 10.2. The molecule has 0 spiro atoms. The van der Waals surface area contributed by atoms with E-state index in [-0.39, 0.29) is 5.91 Å². The Morgan fingerprint density at radius 3 is 2.53 bits per heavy atom. The Labute approximate surface area is 186 Å². The van der Waals surface area contributed by atoms with Crippen LogP contribution < -0.4 is 5.32 Å². The summed E-state index contributed by atoms with van der Waals surface area (Å²) in [7, 11) is 0. The lowest BCUT2D eigenvalue weighted by atomic mass is 9.96. The Morgan fingerprint density at radius 2 is 1.81 bits per heavy atom. The number of nitriles is 1. The molecule has 6 heteroatoms. The molecule has 0 unspecified atom stereocenters. The quantitative estimate of drug-likeness (QED) is 0.509. The topological polar surface area (TPSA) is 91.6 Å². The van der Waals surface area contributed by atoms with Gasteiger partial charge in [-0.25, -0.2) is 0 Å². The van der Waals surface area contributed by atoms with E-state index in [1.807, 2.05) is 50.2 Å². The number of nitrogens with zero attached hydrogens (tertiary/aromatic N) is 4. The molecule has 3 heterocycles. The first-order chi connectivity index (χ1) is 15.5. The normalized spacial score (nSPS) is 10.4. The van der Waals surface area contributed by atoms with Crippen LogP contribution in [-0.4, -0.2) is 20.9 Å². The fourth-order valence-corrected chi connectivity index (χ4v) is 3.31. The monoisotopic (exact) mass is 419 g/mol. The zero-order chi connectivity index (χ0) is 22.5. The maximum absolute atomic E-state index is 13.0. The van der Waals surface area contributed by atoms with E-state index in [1.165, 1.54) is 0 Å². The minimum atomic E-state index is -0.219. The van der Waals surface area contributed by atoms with Crippen molar-refractivity contribution >= 4 is 5.91 Å². The van der Waals surface area contributed by atoms with E-state index in [0.717, 1.165) is 33.6 Å². The van der Waals surface area contributed by atoms with E-state index in [4.69, 9.17) is 0 Å². The van der Waals surface area contributed by atoms with Crippen molar-refractivity contribution in [3.63, 3.8) is 0 Å². The molecule has 0 aliphatic carbocycles. The fraction of sp³-hybridized carbons (Fsp3) is 0.115. The predicted octanol–water partition coefficient (Wildman–Crippen LogP) is 4.62. The van der Waals surface area contributed by atoms with Crippen LogP contribution in [0.2, 0.25) is 0 Å². The van der Waals surface area contributed by atoms with Gasteiger partial charge < -0.3 is 5.32 Å². The number of pyridine rings is 3. The zero-order valence-corrected chi connectivity index (χ0v) is 17.8. The summed E-state index contributed by atoms with van der Waals surface area (Å²) < 4.78 is 0. The number of aryl methyl sites for hydroxylation is 2. The van der Waals surface area contributed by atoms with Crippen molar-refractivity contribution in [2.75, 3.05) is 0 Å². The highest BCUT2D eigenvalue weighted by Crippen LogP contribution is 2.29. The van der Waals surface area contributed by atoms with Gasteiger partial charge in [0.25, 0.3) is 5.91 Å². The van der Waals surface area contributed by atoms with Crippen LogP contribution in [0.5, 0.6) is 0 Å². The molecule has 0 saturated carbocycles. The van der Waals surface area contributed by atoms with Crippen molar-refractivity contribution in [1.29, 1.82) is 5.26 Å². The van der Waals surface area contributed by atoms with Gasteiger partial charge in [-0.05, 0) is 66.9 Å². The van der Waals surface area contributed by atoms with Crippen molar-refractivity contribution in [3.05, 3.63) is 101 Å². The third kappa shape index (κ3) is 4.68. The number of carbonyl (C=O) groups excluding carboxylic acids is 1. The fourth-order valence-electron chi connectivity index (χ4n) is 3.31. The summed E-state index contributed by atoms with van der Waals surface area (Å²) in [6.07, 6.45) is 6.76. The van der Waals surface area contributed by atoms with Gasteiger partial charge in [0.15, 0.2) is 0 Å². The molecule has 32 heavy (non-hydrogen) atoms. The van der Waals surface area contributed by atoms with E-state index in [1.54, 1.807) is 36.9 Å². The minimum Gasteiger partial charge on any atom is -0.348 e. The molecule has 0 radical (unpaired) electrons. The van der Waals surface area contributed by atoms with Crippen molar-refractivity contribution in [2.45, 2.75) is 20.4 Å². The van der Waals surface area contributed by atoms with Crippen molar-refractivity contribution in [1.82, 2.24) is 20.3 Å². The van der Waals surface area contributed by atoms with Crippen LogP contribution in [0.15, 0.2) is 73.3 Å². The summed E-state index contributed by atoms with van der Waals surface area (Å²) >= 11 is 0. The molecule has 1 aromatic carbocycles. The molecule has 0 aliphatic heterocycles. The minimum absolute atomic E-state index is 0.219. The standard InChI is InChI=1S/C26H21N5O/c1-17-3-6-25(30-13-17)22-9-21(24-16-28-8-7-20(24)12-27)10-23(11-22)26(32)31-15-19-5-4-18(2)29-14-19/h3-11,13-14,16H,15H2,1-2H3,(H,31,32). The third-order valence-electron chi connectivity index (χ3n) is 5.08. The Morgan fingerprint density at radius 1 is 0.969 bits per heavy atom. The Bertz CT molecular complexity index is 1310. The van der Waals surface area contributed by atoms with Gasteiger partial charge in [-0.2, -0.15) is 5.26 Å². The van der Waals surface area contributed by atoms with Gasteiger partial charge in [-0.1, -0.05) is 12.1 Å². The second kappa shape index (κ2) is 9.19. The lowest BCUT2D eigenvalue weighted by molar-refractivity contribution is 0.0951. The highest BCUT2D eigenvalue weighted by atomic mass is 16.1. The van der Waals surface area contributed by atoms with Gasteiger partial charge in [0.05, 0.1) is 17.3 Å². The number of hydrogen-bond acceptors (Lipinski definition) is 5. The van der Waals surface area contributed by atoms with Crippen molar-refractivity contribution in [2.24, 2.45) is 0 Å². The summed E-state index contributed by atoms with van der Waals surface area (Å²) in [4.78, 5) is 26.0. The summed E-state index contributed by atoms with van der Waals surface area (Å²) in [6, 6.07) is 17.1. The van der Waals surface area contributed by atoms with Crippen LogP contribution in [0.3, 0.4) is 0 Å². The summed E-state index contributed by atoms with van der Waals surface area (Å²) in [5, 5.41) is 12.5. The maximum atomic E-state index is 13.0. The maximum Gasteiger partial charge on any atom is 0.251 e. The van der Waals surface area contributed by atoms with Gasteiger partial charge >= 0.3 is 0 Å². The Balaban J connectivity index is 1.72. The summed E-state index contributed by atoms with van der Waals surface area (Å²) in [5.74, 6) is -0.219. The van der Waals surface area contributed by atoms with E-state index in [0.29, 0.717) is 23.2 Å². The molecule has 0 atom stereocenters. The molecule has 156 valence electrons. The van der Waals surface area contributed by atoms with E-state index in [9.17, 15) is 10.1 Å². The second-order valence-electron chi connectivity index (χ2n) is 7.54. The lowest BCUT2D eigenvalue weighted by Crippen LogP contribution is -2.23. The van der Waals surface area contributed by atoms with Gasteiger partial charge in [0.1, 0.15) is 0 Å². The number of carbonyl (C=O) groups is 1. The molecule has 0 aliphatic rings. The number of hydrogen-bond donors (Lipinski definition) is 1.